The van der Waals surface area contributed by atoms with Gasteiger partial charge in [0.25, 0.3) is 0 Å². The molecule has 0 aliphatic carbocycles. The Bertz CT molecular complexity index is 1010. The minimum atomic E-state index is 0.534. The van der Waals surface area contributed by atoms with Crippen molar-refractivity contribution < 1.29 is 0 Å². The molecule has 1 fully saturated rings. The van der Waals surface area contributed by atoms with Crippen molar-refractivity contribution in [1.29, 1.82) is 0 Å². The number of piperazine rings is 1. The predicted octanol–water partition coefficient (Wildman–Crippen LogP) is 4.18. The summed E-state index contributed by atoms with van der Waals surface area (Å²) in [4.78, 5) is 9.45. The standard InChI is InChI=1S/C23H28N6/c1-16-8-9-20(18(3)14-16)25-23-26-22(15-24-27-23)29-12-10-28(11-13-29)21-7-5-6-17(2)19(21)4/h5-9,14-15H,10-13H2,1-4H3,(H,25,26,27). The molecule has 0 amide bonds. The van der Waals surface area contributed by atoms with Crippen LogP contribution in [0.25, 0.3) is 0 Å². The normalized spacial score (nSPS) is 14.2. The first-order valence-corrected chi connectivity index (χ1v) is 10.1. The summed E-state index contributed by atoms with van der Waals surface area (Å²) >= 11 is 0. The summed E-state index contributed by atoms with van der Waals surface area (Å²) in [6, 6.07) is 12.8. The first-order chi connectivity index (χ1) is 14.0. The molecule has 0 saturated carbocycles. The SMILES string of the molecule is Cc1ccc(Nc2nncc(N3CCN(c4cccc(C)c4C)CC3)n2)c(C)c1. The van der Waals surface area contributed by atoms with Crippen molar-refractivity contribution >= 4 is 23.1 Å². The van der Waals surface area contributed by atoms with Crippen molar-refractivity contribution in [2.45, 2.75) is 27.7 Å². The molecule has 4 rings (SSSR count). The Morgan fingerprint density at radius 3 is 2.38 bits per heavy atom. The monoisotopic (exact) mass is 388 g/mol. The maximum Gasteiger partial charge on any atom is 0.249 e. The van der Waals surface area contributed by atoms with E-state index in [2.05, 4.69) is 89.4 Å². The number of nitrogens with one attached hydrogen (secondary N) is 1. The van der Waals surface area contributed by atoms with Crippen LogP contribution >= 0.6 is 0 Å². The van der Waals surface area contributed by atoms with Gasteiger partial charge in [-0.15, -0.1) is 5.10 Å². The molecule has 0 atom stereocenters. The molecule has 2 aromatic carbocycles. The second-order valence-electron chi connectivity index (χ2n) is 7.77. The van der Waals surface area contributed by atoms with Gasteiger partial charge in [-0.25, -0.2) is 0 Å². The summed E-state index contributed by atoms with van der Waals surface area (Å²) in [5, 5.41) is 11.6. The zero-order valence-corrected chi connectivity index (χ0v) is 17.6. The van der Waals surface area contributed by atoms with Crippen LogP contribution in [0.1, 0.15) is 22.3 Å². The summed E-state index contributed by atoms with van der Waals surface area (Å²) < 4.78 is 0. The third kappa shape index (κ3) is 4.16. The molecule has 0 unspecified atom stereocenters. The lowest BCUT2D eigenvalue weighted by Crippen LogP contribution is -2.47. The van der Waals surface area contributed by atoms with Gasteiger partial charge in [0.15, 0.2) is 5.82 Å². The van der Waals surface area contributed by atoms with Crippen LogP contribution in [0.2, 0.25) is 0 Å². The smallest absolute Gasteiger partial charge is 0.249 e. The van der Waals surface area contributed by atoms with E-state index in [0.29, 0.717) is 5.95 Å². The Hall–Kier alpha value is -3.15. The fourth-order valence-corrected chi connectivity index (χ4v) is 3.83. The van der Waals surface area contributed by atoms with Gasteiger partial charge < -0.3 is 15.1 Å². The molecule has 0 spiro atoms. The van der Waals surface area contributed by atoms with E-state index in [1.165, 1.54) is 27.9 Å². The highest BCUT2D eigenvalue weighted by Gasteiger charge is 2.20. The topological polar surface area (TPSA) is 57.2 Å². The highest BCUT2D eigenvalue weighted by Crippen LogP contribution is 2.25. The van der Waals surface area contributed by atoms with Crippen molar-refractivity contribution in [3.63, 3.8) is 0 Å². The maximum atomic E-state index is 4.71. The highest BCUT2D eigenvalue weighted by molar-refractivity contribution is 5.60. The maximum absolute atomic E-state index is 4.71. The van der Waals surface area contributed by atoms with E-state index in [1.54, 1.807) is 6.20 Å². The zero-order chi connectivity index (χ0) is 20.4. The highest BCUT2D eigenvalue weighted by atomic mass is 15.3. The molecule has 3 aromatic rings. The Labute approximate surface area is 172 Å². The Balaban J connectivity index is 1.45. The Morgan fingerprint density at radius 2 is 1.62 bits per heavy atom. The minimum absolute atomic E-state index is 0.534. The van der Waals surface area contributed by atoms with Crippen molar-refractivity contribution in [2.24, 2.45) is 0 Å². The van der Waals surface area contributed by atoms with E-state index < -0.39 is 0 Å². The molecule has 1 aliphatic heterocycles. The number of rotatable bonds is 4. The largest absolute Gasteiger partial charge is 0.368 e. The summed E-state index contributed by atoms with van der Waals surface area (Å²) in [7, 11) is 0. The lowest BCUT2D eigenvalue weighted by Gasteiger charge is -2.37. The average Bonchev–Trinajstić information content (AvgIpc) is 2.73. The molecular formula is C23H28N6. The average molecular weight is 389 g/mol. The number of benzene rings is 2. The van der Waals surface area contributed by atoms with E-state index in [9.17, 15) is 0 Å². The van der Waals surface area contributed by atoms with Gasteiger partial charge in [-0.2, -0.15) is 10.1 Å². The van der Waals surface area contributed by atoms with Crippen molar-refractivity contribution in [3.8, 4) is 0 Å². The molecule has 0 radical (unpaired) electrons. The number of hydrogen-bond donors (Lipinski definition) is 1. The van der Waals surface area contributed by atoms with E-state index in [4.69, 9.17) is 4.98 Å². The second kappa shape index (κ2) is 8.07. The van der Waals surface area contributed by atoms with Crippen molar-refractivity contribution in [1.82, 2.24) is 15.2 Å². The number of aromatic nitrogens is 3. The summed E-state index contributed by atoms with van der Waals surface area (Å²) in [5.41, 5.74) is 7.46. The van der Waals surface area contributed by atoms with Crippen LogP contribution in [-0.2, 0) is 0 Å². The predicted molar refractivity (Wildman–Crippen MR) is 119 cm³/mol. The molecule has 2 heterocycles. The first-order valence-electron chi connectivity index (χ1n) is 10.1. The van der Waals surface area contributed by atoms with Gasteiger partial charge in [0.2, 0.25) is 5.95 Å². The van der Waals surface area contributed by atoms with Crippen LogP contribution in [0, 0.1) is 27.7 Å². The number of aryl methyl sites for hydroxylation is 3. The van der Waals surface area contributed by atoms with E-state index in [0.717, 1.165) is 37.7 Å². The molecular weight excluding hydrogens is 360 g/mol. The van der Waals surface area contributed by atoms with Gasteiger partial charge >= 0.3 is 0 Å². The van der Waals surface area contributed by atoms with Gasteiger partial charge in [-0.05, 0) is 56.5 Å². The first kappa shape index (κ1) is 19.2. The number of anilines is 4. The lowest BCUT2D eigenvalue weighted by molar-refractivity contribution is 0.643. The van der Waals surface area contributed by atoms with Crippen LogP contribution in [0.15, 0.2) is 42.6 Å². The van der Waals surface area contributed by atoms with Crippen LogP contribution in [0.3, 0.4) is 0 Å². The minimum Gasteiger partial charge on any atom is -0.368 e. The van der Waals surface area contributed by atoms with Gasteiger partial charge in [0.05, 0.1) is 6.20 Å². The van der Waals surface area contributed by atoms with E-state index in [1.807, 2.05) is 0 Å². The molecule has 1 saturated heterocycles. The molecule has 1 aliphatic rings. The van der Waals surface area contributed by atoms with Crippen LogP contribution in [0.5, 0.6) is 0 Å². The Morgan fingerprint density at radius 1 is 0.862 bits per heavy atom. The fourth-order valence-electron chi connectivity index (χ4n) is 3.83. The second-order valence-corrected chi connectivity index (χ2v) is 7.77. The van der Waals surface area contributed by atoms with Gasteiger partial charge in [0.1, 0.15) is 0 Å². The third-order valence-electron chi connectivity index (χ3n) is 5.69. The summed E-state index contributed by atoms with van der Waals surface area (Å²) in [6.45, 7) is 12.3. The molecule has 1 N–H and O–H groups in total. The van der Waals surface area contributed by atoms with Crippen LogP contribution < -0.4 is 15.1 Å². The lowest BCUT2D eigenvalue weighted by atomic mass is 10.1. The zero-order valence-electron chi connectivity index (χ0n) is 17.6. The van der Waals surface area contributed by atoms with Gasteiger partial charge in [-0.1, -0.05) is 29.8 Å². The van der Waals surface area contributed by atoms with E-state index in [-0.39, 0.29) is 0 Å². The van der Waals surface area contributed by atoms with Gasteiger partial charge in [-0.3, -0.25) is 0 Å². The summed E-state index contributed by atoms with van der Waals surface area (Å²) in [5.74, 6) is 1.40. The molecule has 29 heavy (non-hydrogen) atoms. The quantitative estimate of drug-likeness (QED) is 0.724. The van der Waals surface area contributed by atoms with E-state index >= 15 is 0 Å². The van der Waals surface area contributed by atoms with Crippen molar-refractivity contribution in [2.75, 3.05) is 41.3 Å². The molecule has 6 nitrogen and oxygen atoms in total. The molecule has 150 valence electrons. The van der Waals surface area contributed by atoms with Crippen LogP contribution in [0.4, 0.5) is 23.1 Å². The molecule has 1 aromatic heterocycles. The molecule has 6 heteroatoms. The third-order valence-corrected chi connectivity index (χ3v) is 5.69. The molecule has 0 bridgehead atoms. The summed E-state index contributed by atoms with van der Waals surface area (Å²) in [6.07, 6.45) is 1.75. The van der Waals surface area contributed by atoms with Crippen LogP contribution in [-0.4, -0.2) is 41.4 Å². The Kier molecular flexibility index (Phi) is 5.34. The fraction of sp³-hybridized carbons (Fsp3) is 0.348. The number of hydrogen-bond acceptors (Lipinski definition) is 6. The number of nitrogens with zero attached hydrogens (tertiary/aromatic N) is 5. The van der Waals surface area contributed by atoms with Crippen molar-refractivity contribution in [3.05, 3.63) is 64.8 Å². The van der Waals surface area contributed by atoms with Gasteiger partial charge in [0, 0.05) is 37.6 Å².